The second kappa shape index (κ2) is 5.94. The molecule has 0 aromatic carbocycles. The summed E-state index contributed by atoms with van der Waals surface area (Å²) in [5.41, 5.74) is -0.797. The Morgan fingerprint density at radius 2 is 2.19 bits per heavy atom. The number of nitrogens with one attached hydrogen (secondary N) is 1. The van der Waals surface area contributed by atoms with Crippen LogP contribution in [0.25, 0.3) is 0 Å². The molecule has 1 N–H and O–H groups in total. The van der Waals surface area contributed by atoms with Crippen LogP contribution in [0.2, 0.25) is 0 Å². The van der Waals surface area contributed by atoms with Gasteiger partial charge in [-0.15, -0.1) is 0 Å². The fraction of sp³-hybridized carbons (Fsp3) is 0.308. The van der Waals surface area contributed by atoms with Gasteiger partial charge >= 0.3 is 6.18 Å². The number of aryl methyl sites for hydroxylation is 2. The van der Waals surface area contributed by atoms with Crippen LogP contribution < -0.4 is 5.32 Å². The summed E-state index contributed by atoms with van der Waals surface area (Å²) in [5, 5.41) is 5.87. The highest BCUT2D eigenvalue weighted by atomic mass is 19.4. The summed E-state index contributed by atoms with van der Waals surface area (Å²) in [5.74, 6) is -0.0487. The van der Waals surface area contributed by atoms with E-state index in [4.69, 9.17) is 4.52 Å². The lowest BCUT2D eigenvalue weighted by molar-refractivity contribution is -0.140. The van der Waals surface area contributed by atoms with Gasteiger partial charge in [0.25, 0.3) is 0 Å². The Balaban J connectivity index is 2.00. The van der Waals surface area contributed by atoms with Crippen molar-refractivity contribution in [2.24, 2.45) is 0 Å². The highest BCUT2D eigenvalue weighted by Crippen LogP contribution is 2.32. The van der Waals surface area contributed by atoms with E-state index in [-0.39, 0.29) is 18.5 Å². The van der Waals surface area contributed by atoms with Crippen molar-refractivity contribution in [3.63, 3.8) is 0 Å². The average Bonchev–Trinajstić information content (AvgIpc) is 2.82. The number of carbonyl (C=O) groups excluding carboxylic acids is 1. The molecule has 0 unspecified atom stereocenters. The molecule has 2 heterocycles. The van der Waals surface area contributed by atoms with Gasteiger partial charge in [0.15, 0.2) is 5.69 Å². The Labute approximate surface area is 118 Å². The van der Waals surface area contributed by atoms with Gasteiger partial charge in [0.1, 0.15) is 5.76 Å². The number of rotatable bonds is 4. The molecule has 2 aromatic heterocycles. The maximum Gasteiger partial charge on any atom is 0.435 e. The van der Waals surface area contributed by atoms with E-state index in [0.29, 0.717) is 11.5 Å². The third kappa shape index (κ3) is 4.04. The molecule has 0 saturated carbocycles. The highest BCUT2D eigenvalue weighted by molar-refractivity contribution is 5.91. The molecule has 0 saturated heterocycles. The maximum atomic E-state index is 12.7. The van der Waals surface area contributed by atoms with Crippen LogP contribution in [0.15, 0.2) is 28.9 Å². The van der Waals surface area contributed by atoms with Crippen LogP contribution in [0.5, 0.6) is 0 Å². The zero-order valence-electron chi connectivity index (χ0n) is 11.1. The first-order valence-electron chi connectivity index (χ1n) is 6.10. The minimum atomic E-state index is -4.62. The fourth-order valence-corrected chi connectivity index (χ4v) is 1.72. The van der Waals surface area contributed by atoms with E-state index < -0.39 is 17.8 Å². The molecule has 0 atom stereocenters. The van der Waals surface area contributed by atoms with E-state index in [1.165, 1.54) is 6.07 Å². The number of amides is 1. The number of anilines is 1. The normalized spacial score (nSPS) is 11.4. The summed E-state index contributed by atoms with van der Waals surface area (Å²) in [4.78, 5) is 15.0. The Bertz CT molecular complexity index is 638. The first-order valence-corrected chi connectivity index (χ1v) is 6.10. The molecule has 0 radical (unpaired) electrons. The zero-order valence-corrected chi connectivity index (χ0v) is 11.1. The molecule has 2 aromatic rings. The van der Waals surface area contributed by atoms with Crippen LogP contribution in [0, 0.1) is 6.92 Å². The summed E-state index contributed by atoms with van der Waals surface area (Å²) in [6.07, 6.45) is -3.35. The van der Waals surface area contributed by atoms with E-state index >= 15 is 0 Å². The smallest absolute Gasteiger partial charge is 0.361 e. The highest BCUT2D eigenvalue weighted by Gasteiger charge is 2.35. The zero-order chi connectivity index (χ0) is 15.5. The molecule has 0 aliphatic carbocycles. The van der Waals surface area contributed by atoms with Crippen molar-refractivity contribution in [1.82, 2.24) is 10.1 Å². The number of hydrogen-bond acceptors (Lipinski definition) is 4. The molecule has 112 valence electrons. The first kappa shape index (κ1) is 15.0. The molecule has 0 aliphatic heterocycles. The summed E-state index contributed by atoms with van der Waals surface area (Å²) in [6.45, 7) is 1.73. The number of halogens is 3. The standard InChI is InChI=1S/C13H12F3N3O2/c1-8-7-9(21-19-8)4-5-11(20)18-10-3-2-6-17-12(10)13(14,15)16/h2-3,6-7H,4-5H2,1H3,(H,18,20). The molecule has 0 bridgehead atoms. The second-order valence-electron chi connectivity index (χ2n) is 4.38. The first-order chi connectivity index (χ1) is 9.86. The van der Waals surface area contributed by atoms with Gasteiger partial charge in [-0.1, -0.05) is 5.16 Å². The lowest BCUT2D eigenvalue weighted by Gasteiger charge is -2.11. The number of carbonyl (C=O) groups is 1. The third-order valence-electron chi connectivity index (χ3n) is 2.63. The van der Waals surface area contributed by atoms with Crippen molar-refractivity contribution in [3.8, 4) is 0 Å². The topological polar surface area (TPSA) is 68.0 Å². The maximum absolute atomic E-state index is 12.7. The van der Waals surface area contributed by atoms with Crippen molar-refractivity contribution in [2.45, 2.75) is 25.9 Å². The Morgan fingerprint density at radius 3 is 2.81 bits per heavy atom. The van der Waals surface area contributed by atoms with Crippen LogP contribution >= 0.6 is 0 Å². The summed E-state index contributed by atoms with van der Waals surface area (Å²) in [6, 6.07) is 4.15. The molecule has 1 amide bonds. The Morgan fingerprint density at radius 1 is 1.43 bits per heavy atom. The summed E-state index contributed by atoms with van der Waals surface area (Å²) in [7, 11) is 0. The molecule has 2 rings (SSSR count). The van der Waals surface area contributed by atoms with Gasteiger partial charge in [-0.3, -0.25) is 4.79 Å². The molecule has 0 fully saturated rings. The lowest BCUT2D eigenvalue weighted by atomic mass is 10.2. The van der Waals surface area contributed by atoms with Crippen molar-refractivity contribution in [1.29, 1.82) is 0 Å². The van der Waals surface area contributed by atoms with E-state index in [2.05, 4.69) is 15.5 Å². The lowest BCUT2D eigenvalue weighted by Crippen LogP contribution is -2.18. The van der Waals surface area contributed by atoms with Gasteiger partial charge < -0.3 is 9.84 Å². The molecular formula is C13H12F3N3O2. The quantitative estimate of drug-likeness (QED) is 0.942. The number of nitrogens with zero attached hydrogens (tertiary/aromatic N) is 2. The molecular weight excluding hydrogens is 287 g/mol. The average molecular weight is 299 g/mol. The van der Waals surface area contributed by atoms with Gasteiger partial charge in [0.2, 0.25) is 5.91 Å². The van der Waals surface area contributed by atoms with Gasteiger partial charge in [-0.05, 0) is 19.1 Å². The monoisotopic (exact) mass is 299 g/mol. The van der Waals surface area contributed by atoms with Crippen LogP contribution in [-0.4, -0.2) is 16.0 Å². The number of hydrogen-bond donors (Lipinski definition) is 1. The minimum Gasteiger partial charge on any atom is -0.361 e. The molecule has 21 heavy (non-hydrogen) atoms. The number of alkyl halides is 3. The van der Waals surface area contributed by atoms with Gasteiger partial charge in [0.05, 0.1) is 11.4 Å². The van der Waals surface area contributed by atoms with Gasteiger partial charge in [-0.2, -0.15) is 13.2 Å². The second-order valence-corrected chi connectivity index (χ2v) is 4.38. The summed E-state index contributed by atoms with van der Waals surface area (Å²) >= 11 is 0. The number of pyridine rings is 1. The largest absolute Gasteiger partial charge is 0.435 e. The third-order valence-corrected chi connectivity index (χ3v) is 2.63. The minimum absolute atomic E-state index is 0.0131. The molecule has 0 aliphatic rings. The Hall–Kier alpha value is -2.38. The van der Waals surface area contributed by atoms with E-state index in [1.807, 2.05) is 0 Å². The fourth-order valence-electron chi connectivity index (χ4n) is 1.72. The predicted octanol–water partition coefficient (Wildman–Crippen LogP) is 2.97. The van der Waals surface area contributed by atoms with Crippen molar-refractivity contribution < 1.29 is 22.5 Å². The Kier molecular flexibility index (Phi) is 4.25. The van der Waals surface area contributed by atoms with Crippen LogP contribution in [-0.2, 0) is 17.4 Å². The van der Waals surface area contributed by atoms with E-state index in [1.54, 1.807) is 13.0 Å². The molecule has 8 heteroatoms. The number of aromatic nitrogens is 2. The molecule has 0 spiro atoms. The van der Waals surface area contributed by atoms with E-state index in [9.17, 15) is 18.0 Å². The summed E-state index contributed by atoms with van der Waals surface area (Å²) < 4.78 is 43.1. The van der Waals surface area contributed by atoms with Crippen molar-refractivity contribution in [3.05, 3.63) is 41.5 Å². The van der Waals surface area contributed by atoms with E-state index in [0.717, 1.165) is 12.3 Å². The van der Waals surface area contributed by atoms with Crippen LogP contribution in [0.4, 0.5) is 18.9 Å². The van der Waals surface area contributed by atoms with Crippen LogP contribution in [0.1, 0.15) is 23.6 Å². The van der Waals surface area contributed by atoms with Crippen LogP contribution in [0.3, 0.4) is 0 Å². The SMILES string of the molecule is Cc1cc(CCC(=O)Nc2cccnc2C(F)(F)F)on1. The van der Waals surface area contributed by atoms with Gasteiger partial charge in [-0.25, -0.2) is 4.98 Å². The molecule has 5 nitrogen and oxygen atoms in total. The van der Waals surface area contributed by atoms with Crippen molar-refractivity contribution in [2.75, 3.05) is 5.32 Å². The van der Waals surface area contributed by atoms with Crippen molar-refractivity contribution >= 4 is 11.6 Å². The van der Waals surface area contributed by atoms with Gasteiger partial charge in [0, 0.05) is 25.1 Å². The predicted molar refractivity (Wildman–Crippen MR) is 67.4 cm³/mol.